The van der Waals surface area contributed by atoms with E-state index >= 15 is 0 Å². The molecule has 5 amide bonds. The van der Waals surface area contributed by atoms with E-state index in [-0.39, 0.29) is 34.6 Å². The number of carbonyl (C=O) groups is 6. The van der Waals surface area contributed by atoms with Crippen LogP contribution in [0.25, 0.3) is 22.3 Å². The van der Waals surface area contributed by atoms with Crippen molar-refractivity contribution in [2.75, 3.05) is 26.7 Å². The molecule has 0 saturated carbocycles. The molecule has 7 N–H and O–H groups in total. The molecule has 1 heterocycles. The summed E-state index contributed by atoms with van der Waals surface area (Å²) in [5.74, 6) is -5.34. The first-order valence-corrected chi connectivity index (χ1v) is 17.8. The highest BCUT2D eigenvalue weighted by Gasteiger charge is 2.31. The third-order valence-corrected chi connectivity index (χ3v) is 9.31. The van der Waals surface area contributed by atoms with Gasteiger partial charge in [0.15, 0.2) is 0 Å². The van der Waals surface area contributed by atoms with Gasteiger partial charge in [-0.25, -0.2) is 4.79 Å². The number of aliphatic carboxylic acids is 1. The number of hydrogen-bond acceptors (Lipinski definition) is 8. The van der Waals surface area contributed by atoms with E-state index in [1.54, 1.807) is 12.1 Å². The Morgan fingerprint density at radius 3 is 2.11 bits per heavy atom. The maximum absolute atomic E-state index is 13.6. The Kier molecular flexibility index (Phi) is 12.8. The number of hydrogen-bond donors (Lipinski definition) is 7. The summed E-state index contributed by atoms with van der Waals surface area (Å²) in [6, 6.07) is 20.8. The largest absolute Gasteiger partial charge is 0.507 e. The van der Waals surface area contributed by atoms with Gasteiger partial charge in [-0.05, 0) is 77.1 Å². The van der Waals surface area contributed by atoms with Gasteiger partial charge >= 0.3 is 5.97 Å². The normalized spacial score (nSPS) is 15.5. The number of unbranched alkanes of at least 4 members (excludes halogenated alkanes) is 1. The van der Waals surface area contributed by atoms with E-state index in [4.69, 9.17) is 0 Å². The number of likely N-dealkylation sites (N-methyl/N-ethyl adjacent to an activating group) is 1. The number of carboxylic acid groups (broad SMARTS) is 1. The fraction of sp³-hybridized carbons (Fsp3) is 0.268. The fourth-order valence-corrected chi connectivity index (χ4v) is 6.19. The minimum absolute atomic E-state index is 0.0959. The first kappa shape index (κ1) is 39.5. The van der Waals surface area contributed by atoms with Crippen LogP contribution in [0.5, 0.6) is 11.5 Å². The lowest BCUT2D eigenvalue weighted by atomic mass is 9.94. The van der Waals surface area contributed by atoms with Crippen molar-refractivity contribution in [2.24, 2.45) is 0 Å². The Labute approximate surface area is 317 Å². The number of nitrogens with one attached hydrogen (secondary N) is 4. The Balaban J connectivity index is 1.24. The molecular formula is C41H43N5O9. The topological polar surface area (TPSA) is 214 Å². The lowest BCUT2D eigenvalue weighted by Crippen LogP contribution is -2.50. The average Bonchev–Trinajstić information content (AvgIpc) is 3.18. The molecule has 5 rings (SSSR count). The summed E-state index contributed by atoms with van der Waals surface area (Å²) in [6.07, 6.45) is 3.12. The van der Waals surface area contributed by atoms with Crippen LogP contribution < -0.4 is 21.3 Å². The lowest BCUT2D eigenvalue weighted by molar-refractivity contribution is -0.142. The average molecular weight is 750 g/mol. The molecule has 0 radical (unpaired) electrons. The number of phenols is 2. The van der Waals surface area contributed by atoms with Crippen molar-refractivity contribution in [3.8, 4) is 33.8 Å². The quantitative estimate of drug-likeness (QED) is 0.120. The van der Waals surface area contributed by atoms with E-state index in [9.17, 15) is 44.1 Å². The SMILES string of the molecule is CCCCc1ccc(-c2ccc(C(=O)NCC(=O)NCC(=O)N(C)C3C(=O)NCC(=O)NC(C(=O)O)Cc4ccc(O)c(c4)-c4cc3ccc4O)cc2)cc1. The molecule has 4 bridgehead atoms. The molecule has 4 aromatic carbocycles. The highest BCUT2D eigenvalue weighted by Crippen LogP contribution is 2.38. The number of phenolic OH excluding ortho intramolecular Hbond substituents is 2. The van der Waals surface area contributed by atoms with Crippen LogP contribution in [0.1, 0.15) is 52.9 Å². The minimum atomic E-state index is -1.40. The van der Waals surface area contributed by atoms with Crippen LogP contribution in [0.4, 0.5) is 0 Å². The van der Waals surface area contributed by atoms with Gasteiger partial charge in [-0.1, -0.05) is 61.9 Å². The standard InChI is InChI=1S/C41H43N5O9/c1-3-4-5-24-6-9-26(10-7-24)27-11-13-28(14-12-27)39(52)43-21-35(49)42-23-37(51)46(2)38-29-15-17-34(48)31(20-29)30-18-25(8-16-33(30)47)19-32(41(54)55)45-36(50)22-44-40(38)53/h6-18,20,32,38,47-48H,3-5,19,21-23H2,1-2H3,(H,42,49)(H,43,52)(H,44,53)(H,45,50)(H,54,55). The molecule has 14 heteroatoms. The predicted octanol–water partition coefficient (Wildman–Crippen LogP) is 3.06. The molecular weight excluding hydrogens is 706 g/mol. The summed E-state index contributed by atoms with van der Waals surface area (Å²) in [5, 5.41) is 40.9. The molecule has 0 saturated heterocycles. The first-order chi connectivity index (χ1) is 26.3. The van der Waals surface area contributed by atoms with Gasteiger partial charge in [0, 0.05) is 30.2 Å². The molecule has 14 nitrogen and oxygen atoms in total. The van der Waals surface area contributed by atoms with Crippen LogP contribution in [-0.2, 0) is 36.8 Å². The smallest absolute Gasteiger partial charge is 0.326 e. The summed E-state index contributed by atoms with van der Waals surface area (Å²) in [7, 11) is 1.30. The molecule has 55 heavy (non-hydrogen) atoms. The van der Waals surface area contributed by atoms with Crippen LogP contribution in [0.2, 0.25) is 0 Å². The summed E-state index contributed by atoms with van der Waals surface area (Å²) in [4.78, 5) is 78.1. The lowest BCUT2D eigenvalue weighted by Gasteiger charge is -2.28. The molecule has 0 aromatic heterocycles. The van der Waals surface area contributed by atoms with Gasteiger partial charge in [-0.15, -0.1) is 0 Å². The molecule has 2 atom stereocenters. The zero-order chi connectivity index (χ0) is 39.6. The van der Waals surface area contributed by atoms with E-state index in [0.29, 0.717) is 11.1 Å². The number of fused-ring (bicyclic) bond motifs is 5. The summed E-state index contributed by atoms with van der Waals surface area (Å²) < 4.78 is 0. The van der Waals surface area contributed by atoms with Gasteiger partial charge in [-0.3, -0.25) is 24.0 Å². The number of aryl methyl sites for hydroxylation is 1. The Bertz CT molecular complexity index is 2080. The van der Waals surface area contributed by atoms with Crippen LogP contribution >= 0.6 is 0 Å². The second kappa shape index (κ2) is 17.9. The first-order valence-electron chi connectivity index (χ1n) is 17.8. The number of carbonyl (C=O) groups excluding carboxylic acids is 5. The van der Waals surface area contributed by atoms with Gasteiger partial charge in [0.05, 0.1) is 19.6 Å². The van der Waals surface area contributed by atoms with Crippen molar-refractivity contribution in [1.82, 2.24) is 26.2 Å². The van der Waals surface area contributed by atoms with Crippen LogP contribution in [0.15, 0.2) is 84.9 Å². The Morgan fingerprint density at radius 1 is 0.818 bits per heavy atom. The van der Waals surface area contributed by atoms with Gasteiger partial charge in [-0.2, -0.15) is 0 Å². The fourth-order valence-electron chi connectivity index (χ4n) is 6.19. The van der Waals surface area contributed by atoms with Crippen molar-refractivity contribution in [3.63, 3.8) is 0 Å². The highest BCUT2D eigenvalue weighted by molar-refractivity contribution is 5.98. The van der Waals surface area contributed by atoms with Gasteiger partial charge < -0.3 is 41.5 Å². The number of nitrogens with zero attached hydrogens (tertiary/aromatic N) is 1. The van der Waals surface area contributed by atoms with Crippen LogP contribution in [0.3, 0.4) is 0 Å². The molecule has 0 spiro atoms. The van der Waals surface area contributed by atoms with E-state index in [0.717, 1.165) is 35.3 Å². The summed E-state index contributed by atoms with van der Waals surface area (Å²) in [5.41, 5.74) is 4.40. The zero-order valence-corrected chi connectivity index (χ0v) is 30.4. The van der Waals surface area contributed by atoms with Crippen LogP contribution in [0, 0.1) is 0 Å². The molecule has 286 valence electrons. The number of aromatic hydroxyl groups is 2. The number of benzene rings is 4. The molecule has 4 aromatic rings. The van der Waals surface area contributed by atoms with Crippen molar-refractivity contribution >= 4 is 35.5 Å². The number of amides is 5. The monoisotopic (exact) mass is 749 g/mol. The predicted molar refractivity (Wildman–Crippen MR) is 203 cm³/mol. The molecule has 1 aliphatic rings. The number of carboxylic acids is 1. The zero-order valence-electron chi connectivity index (χ0n) is 30.4. The third kappa shape index (κ3) is 10.0. The van der Waals surface area contributed by atoms with E-state index in [2.05, 4.69) is 40.3 Å². The van der Waals surface area contributed by atoms with E-state index < -0.39 is 67.2 Å². The highest BCUT2D eigenvalue weighted by atomic mass is 16.4. The Hall–Kier alpha value is -6.70. The van der Waals surface area contributed by atoms with Gasteiger partial charge in [0.1, 0.15) is 23.6 Å². The maximum Gasteiger partial charge on any atom is 0.326 e. The summed E-state index contributed by atoms with van der Waals surface area (Å²) >= 11 is 0. The molecule has 2 unspecified atom stereocenters. The third-order valence-electron chi connectivity index (χ3n) is 9.31. The number of rotatable bonds is 11. The second-order valence-corrected chi connectivity index (χ2v) is 13.3. The van der Waals surface area contributed by atoms with Crippen LogP contribution in [-0.4, -0.2) is 88.4 Å². The van der Waals surface area contributed by atoms with Gasteiger partial charge in [0.25, 0.3) is 5.91 Å². The summed E-state index contributed by atoms with van der Waals surface area (Å²) in [6.45, 7) is 0.547. The molecule has 0 fully saturated rings. The van der Waals surface area contributed by atoms with Crippen molar-refractivity contribution < 1.29 is 44.1 Å². The molecule has 1 aliphatic heterocycles. The minimum Gasteiger partial charge on any atom is -0.507 e. The van der Waals surface area contributed by atoms with Crippen molar-refractivity contribution in [2.45, 2.75) is 44.7 Å². The van der Waals surface area contributed by atoms with Gasteiger partial charge in [0.2, 0.25) is 23.6 Å². The van der Waals surface area contributed by atoms with Crippen molar-refractivity contribution in [1.29, 1.82) is 0 Å². The maximum atomic E-state index is 13.6. The molecule has 0 aliphatic carbocycles. The van der Waals surface area contributed by atoms with E-state index in [1.807, 2.05) is 24.3 Å². The van der Waals surface area contributed by atoms with E-state index in [1.165, 1.54) is 49.0 Å². The van der Waals surface area contributed by atoms with Crippen molar-refractivity contribution in [3.05, 3.63) is 107 Å². The second-order valence-electron chi connectivity index (χ2n) is 13.3. The Morgan fingerprint density at radius 2 is 1.45 bits per heavy atom.